The van der Waals surface area contributed by atoms with Crippen LogP contribution in [0.15, 0.2) is 18.3 Å². The van der Waals surface area contributed by atoms with Gasteiger partial charge in [0.25, 0.3) is 0 Å². The van der Waals surface area contributed by atoms with Gasteiger partial charge < -0.3 is 10.0 Å². The van der Waals surface area contributed by atoms with Gasteiger partial charge in [0.05, 0.1) is 11.1 Å². The molecule has 1 aromatic heterocycles. The molecule has 0 aliphatic carbocycles. The second-order valence-corrected chi connectivity index (χ2v) is 4.10. The first-order valence-electron chi connectivity index (χ1n) is 4.72. The average molecular weight is 241 g/mol. The van der Waals surface area contributed by atoms with Crippen LogP contribution in [-0.2, 0) is 4.79 Å². The fourth-order valence-corrected chi connectivity index (χ4v) is 1.95. The minimum atomic E-state index is -1.15. The zero-order chi connectivity index (χ0) is 11.7. The monoisotopic (exact) mass is 240 g/mol. The number of aromatic nitrogens is 1. The van der Waals surface area contributed by atoms with Gasteiger partial charge in [-0.25, -0.2) is 9.78 Å². The Morgan fingerprint density at radius 3 is 2.94 bits per heavy atom. The molecule has 1 aromatic rings. The molecule has 1 unspecified atom stereocenters. The fourth-order valence-electron chi connectivity index (χ4n) is 1.68. The lowest BCUT2D eigenvalue weighted by Crippen LogP contribution is -2.27. The summed E-state index contributed by atoms with van der Waals surface area (Å²) in [5, 5.41) is 8.68. The van der Waals surface area contributed by atoms with Gasteiger partial charge >= 0.3 is 5.97 Å². The molecule has 0 bridgehead atoms. The third kappa shape index (κ3) is 1.86. The molecule has 0 spiro atoms. The summed E-state index contributed by atoms with van der Waals surface area (Å²) < 4.78 is 0. The molecule has 0 saturated carbocycles. The lowest BCUT2D eigenvalue weighted by molar-refractivity contribution is -0.117. The van der Waals surface area contributed by atoms with Gasteiger partial charge in [-0.2, -0.15) is 0 Å². The van der Waals surface area contributed by atoms with Crippen LogP contribution in [-0.4, -0.2) is 33.9 Å². The van der Waals surface area contributed by atoms with Crippen LogP contribution in [0.2, 0.25) is 0 Å². The molecule has 5 nitrogen and oxygen atoms in total. The Kier molecular flexibility index (Phi) is 2.78. The number of carboxylic acids is 1. The second-order valence-electron chi connectivity index (χ2n) is 3.48. The molecular weight excluding hydrogens is 232 g/mol. The highest BCUT2D eigenvalue weighted by Gasteiger charge is 2.31. The Morgan fingerprint density at radius 1 is 1.62 bits per heavy atom. The minimum Gasteiger partial charge on any atom is -0.476 e. The van der Waals surface area contributed by atoms with Gasteiger partial charge in [-0.15, -0.1) is 11.6 Å². The van der Waals surface area contributed by atoms with Gasteiger partial charge in [-0.1, -0.05) is 0 Å². The van der Waals surface area contributed by atoms with Crippen LogP contribution >= 0.6 is 11.6 Å². The van der Waals surface area contributed by atoms with Crippen molar-refractivity contribution in [2.24, 2.45) is 0 Å². The number of anilines is 1. The summed E-state index contributed by atoms with van der Waals surface area (Å²) in [5.74, 6) is -1.32. The van der Waals surface area contributed by atoms with E-state index in [2.05, 4.69) is 4.98 Å². The molecule has 0 aromatic carbocycles. The van der Waals surface area contributed by atoms with E-state index in [0.29, 0.717) is 12.2 Å². The Hall–Kier alpha value is -1.62. The van der Waals surface area contributed by atoms with E-state index in [9.17, 15) is 9.59 Å². The lowest BCUT2D eigenvalue weighted by Gasteiger charge is -2.17. The molecule has 1 amide bonds. The molecule has 1 aliphatic rings. The van der Waals surface area contributed by atoms with E-state index < -0.39 is 5.97 Å². The molecule has 1 saturated heterocycles. The first kappa shape index (κ1) is 10.9. The van der Waals surface area contributed by atoms with E-state index >= 15 is 0 Å². The molecule has 16 heavy (non-hydrogen) atoms. The molecular formula is C10H9ClN2O3. The van der Waals surface area contributed by atoms with Crippen molar-refractivity contribution in [1.82, 2.24) is 4.98 Å². The zero-order valence-corrected chi connectivity index (χ0v) is 9.02. The maximum atomic E-state index is 11.6. The number of pyridine rings is 1. The molecule has 1 N–H and O–H groups in total. The van der Waals surface area contributed by atoms with Crippen LogP contribution in [0.4, 0.5) is 5.69 Å². The number of hydrogen-bond acceptors (Lipinski definition) is 3. The van der Waals surface area contributed by atoms with Crippen molar-refractivity contribution in [3.8, 4) is 0 Å². The Bertz CT molecular complexity index is 449. The molecule has 0 radical (unpaired) electrons. The van der Waals surface area contributed by atoms with E-state index in [1.54, 1.807) is 12.1 Å². The number of hydrogen-bond donors (Lipinski definition) is 1. The summed E-state index contributed by atoms with van der Waals surface area (Å²) >= 11 is 5.85. The predicted octanol–water partition coefficient (Wildman–Crippen LogP) is 1.12. The van der Waals surface area contributed by atoms with Crippen LogP contribution < -0.4 is 4.90 Å². The maximum Gasteiger partial charge on any atom is 0.356 e. The number of amides is 1. The van der Waals surface area contributed by atoms with Crippen LogP contribution in [0.25, 0.3) is 0 Å². The van der Waals surface area contributed by atoms with Gasteiger partial charge in [0.15, 0.2) is 5.69 Å². The normalized spacial score (nSPS) is 20.2. The standard InChI is InChI=1S/C10H9ClN2O3/c11-6-4-8(14)13(5-6)7-2-1-3-12-9(7)10(15)16/h1-3,6H,4-5H2,(H,15,16). The van der Waals surface area contributed by atoms with Crippen LogP contribution in [0.5, 0.6) is 0 Å². The molecule has 6 heteroatoms. The van der Waals surface area contributed by atoms with E-state index in [0.717, 1.165) is 0 Å². The van der Waals surface area contributed by atoms with Crippen molar-refractivity contribution in [2.45, 2.75) is 11.8 Å². The van der Waals surface area contributed by atoms with E-state index in [4.69, 9.17) is 16.7 Å². The molecule has 2 rings (SSSR count). The number of carbonyl (C=O) groups is 2. The van der Waals surface area contributed by atoms with Crippen molar-refractivity contribution < 1.29 is 14.7 Å². The Morgan fingerprint density at radius 2 is 2.38 bits per heavy atom. The predicted molar refractivity (Wildman–Crippen MR) is 57.8 cm³/mol. The largest absolute Gasteiger partial charge is 0.476 e. The van der Waals surface area contributed by atoms with Crippen molar-refractivity contribution in [3.05, 3.63) is 24.0 Å². The van der Waals surface area contributed by atoms with Crippen molar-refractivity contribution >= 4 is 29.2 Å². The SMILES string of the molecule is O=C(O)c1ncccc1N1CC(Cl)CC1=O. The number of carbonyl (C=O) groups excluding carboxylic acids is 1. The van der Waals surface area contributed by atoms with Crippen molar-refractivity contribution in [3.63, 3.8) is 0 Å². The molecule has 1 atom stereocenters. The van der Waals surface area contributed by atoms with Crippen molar-refractivity contribution in [1.29, 1.82) is 0 Å². The topological polar surface area (TPSA) is 70.5 Å². The quantitative estimate of drug-likeness (QED) is 0.787. The summed E-state index contributed by atoms with van der Waals surface area (Å²) in [6, 6.07) is 3.15. The lowest BCUT2D eigenvalue weighted by atomic mass is 10.2. The highest BCUT2D eigenvalue weighted by molar-refractivity contribution is 6.24. The number of nitrogens with zero attached hydrogens (tertiary/aromatic N) is 2. The number of rotatable bonds is 2. The minimum absolute atomic E-state index is 0.124. The van der Waals surface area contributed by atoms with Crippen LogP contribution in [0, 0.1) is 0 Å². The van der Waals surface area contributed by atoms with E-state index in [1.165, 1.54) is 11.1 Å². The van der Waals surface area contributed by atoms with Crippen molar-refractivity contribution in [2.75, 3.05) is 11.4 Å². The molecule has 2 heterocycles. The molecule has 84 valence electrons. The number of halogens is 1. The third-order valence-corrected chi connectivity index (χ3v) is 2.65. The first-order valence-corrected chi connectivity index (χ1v) is 5.16. The number of aromatic carboxylic acids is 1. The van der Waals surface area contributed by atoms with E-state index in [-0.39, 0.29) is 23.4 Å². The Labute approximate surface area is 96.7 Å². The van der Waals surface area contributed by atoms with Gasteiger partial charge in [-0.3, -0.25) is 4.79 Å². The van der Waals surface area contributed by atoms with Crippen LogP contribution in [0.3, 0.4) is 0 Å². The second kappa shape index (κ2) is 4.09. The summed E-state index contributed by atoms with van der Waals surface area (Å²) in [7, 11) is 0. The summed E-state index contributed by atoms with van der Waals surface area (Å²) in [6.45, 7) is 0.326. The van der Waals surface area contributed by atoms with Gasteiger partial charge in [-0.05, 0) is 12.1 Å². The van der Waals surface area contributed by atoms with Gasteiger partial charge in [0, 0.05) is 19.2 Å². The Balaban J connectivity index is 2.40. The van der Waals surface area contributed by atoms with Gasteiger partial charge in [0.2, 0.25) is 5.91 Å². The number of carboxylic acid groups (broad SMARTS) is 1. The summed E-state index contributed by atoms with van der Waals surface area (Å²) in [5.41, 5.74) is 0.185. The highest BCUT2D eigenvalue weighted by Crippen LogP contribution is 2.26. The fraction of sp³-hybridized carbons (Fsp3) is 0.300. The molecule has 1 aliphatic heterocycles. The third-order valence-electron chi connectivity index (χ3n) is 2.36. The summed E-state index contributed by atoms with van der Waals surface area (Å²) in [6.07, 6.45) is 1.61. The average Bonchev–Trinajstić information content (AvgIpc) is 2.57. The zero-order valence-electron chi connectivity index (χ0n) is 8.26. The van der Waals surface area contributed by atoms with E-state index in [1.807, 2.05) is 0 Å². The van der Waals surface area contributed by atoms with Crippen LogP contribution in [0.1, 0.15) is 16.9 Å². The maximum absolute atomic E-state index is 11.6. The highest BCUT2D eigenvalue weighted by atomic mass is 35.5. The van der Waals surface area contributed by atoms with Gasteiger partial charge in [0.1, 0.15) is 0 Å². The smallest absolute Gasteiger partial charge is 0.356 e. The summed E-state index contributed by atoms with van der Waals surface area (Å²) in [4.78, 5) is 27.6. The first-order chi connectivity index (χ1) is 7.59. The number of alkyl halides is 1. The molecule has 1 fully saturated rings.